The summed E-state index contributed by atoms with van der Waals surface area (Å²) in [5.74, 6) is 1.33. The number of aliphatic imine (C=N–C) groups is 1. The van der Waals surface area contributed by atoms with Crippen LogP contribution in [0.3, 0.4) is 0 Å². The molecule has 1 fully saturated rings. The van der Waals surface area contributed by atoms with E-state index < -0.39 is 0 Å². The summed E-state index contributed by atoms with van der Waals surface area (Å²) in [5, 5.41) is 10.3. The molecule has 31 heavy (non-hydrogen) atoms. The Bertz CT molecular complexity index is 833. The Hall–Kier alpha value is -1.26. The van der Waals surface area contributed by atoms with E-state index in [0.717, 1.165) is 62.7 Å². The quantitative estimate of drug-likeness (QED) is 0.286. The van der Waals surface area contributed by atoms with Gasteiger partial charge in [0.25, 0.3) is 0 Å². The summed E-state index contributed by atoms with van der Waals surface area (Å²) in [6.45, 7) is 9.06. The monoisotopic (exact) mass is 559 g/mol. The summed E-state index contributed by atoms with van der Waals surface area (Å²) in [7, 11) is 1.81. The number of halogens is 2. The fraction of sp³-hybridized carbons (Fsp3) is 0.565. The van der Waals surface area contributed by atoms with Gasteiger partial charge in [-0.05, 0) is 74.9 Å². The summed E-state index contributed by atoms with van der Waals surface area (Å²) < 4.78 is 13.2. The Labute approximate surface area is 207 Å². The smallest absolute Gasteiger partial charge is 0.190 e. The van der Waals surface area contributed by atoms with Gasteiger partial charge in [-0.3, -0.25) is 9.89 Å². The molecule has 8 heteroatoms. The van der Waals surface area contributed by atoms with Crippen molar-refractivity contribution in [1.29, 1.82) is 0 Å². The minimum Gasteiger partial charge on any atom is -0.356 e. The zero-order valence-corrected chi connectivity index (χ0v) is 21.9. The molecule has 0 spiro atoms. The van der Waals surface area contributed by atoms with Gasteiger partial charge in [-0.25, -0.2) is 9.37 Å². The molecule has 1 aromatic carbocycles. The third-order valence-corrected chi connectivity index (χ3v) is 6.81. The van der Waals surface area contributed by atoms with E-state index in [-0.39, 0.29) is 29.8 Å². The van der Waals surface area contributed by atoms with Crippen LogP contribution in [0, 0.1) is 18.7 Å². The second-order valence-corrected chi connectivity index (χ2v) is 8.95. The number of aromatic nitrogens is 1. The number of rotatable bonds is 8. The number of benzene rings is 1. The Morgan fingerprint density at radius 3 is 2.71 bits per heavy atom. The molecule has 1 aromatic heterocycles. The van der Waals surface area contributed by atoms with Crippen LogP contribution in [0.5, 0.6) is 0 Å². The van der Waals surface area contributed by atoms with Crippen molar-refractivity contribution in [2.75, 3.05) is 33.2 Å². The van der Waals surface area contributed by atoms with E-state index in [4.69, 9.17) is 4.98 Å². The maximum Gasteiger partial charge on any atom is 0.190 e. The predicted molar refractivity (Wildman–Crippen MR) is 139 cm³/mol. The number of hydrogen-bond acceptors (Lipinski definition) is 4. The highest BCUT2D eigenvalue weighted by Crippen LogP contribution is 2.19. The molecule has 0 unspecified atom stereocenters. The van der Waals surface area contributed by atoms with Gasteiger partial charge in [0, 0.05) is 32.1 Å². The first-order chi connectivity index (χ1) is 14.6. The summed E-state index contributed by atoms with van der Waals surface area (Å²) >= 11 is 1.77. The maximum atomic E-state index is 13.2. The highest BCUT2D eigenvalue weighted by Gasteiger charge is 2.20. The van der Waals surface area contributed by atoms with Gasteiger partial charge in [0.1, 0.15) is 5.82 Å². The molecule has 3 rings (SSSR count). The van der Waals surface area contributed by atoms with E-state index in [1.807, 2.05) is 13.0 Å². The highest BCUT2D eigenvalue weighted by atomic mass is 127. The van der Waals surface area contributed by atoms with E-state index >= 15 is 0 Å². The molecule has 0 atom stereocenters. The molecule has 0 bridgehead atoms. The first kappa shape index (κ1) is 26.0. The fourth-order valence-electron chi connectivity index (χ4n) is 3.88. The largest absolute Gasteiger partial charge is 0.356 e. The van der Waals surface area contributed by atoms with Crippen molar-refractivity contribution in [2.45, 2.75) is 46.1 Å². The average Bonchev–Trinajstić information content (AvgIpc) is 3.20. The minimum absolute atomic E-state index is 0. The molecular weight excluding hydrogens is 524 g/mol. The topological polar surface area (TPSA) is 52.6 Å². The third-order valence-electron chi connectivity index (χ3n) is 5.77. The van der Waals surface area contributed by atoms with Gasteiger partial charge in [-0.1, -0.05) is 13.0 Å². The van der Waals surface area contributed by atoms with Crippen LogP contribution in [0.1, 0.15) is 41.6 Å². The predicted octanol–water partition coefficient (Wildman–Crippen LogP) is 4.39. The van der Waals surface area contributed by atoms with Crippen LogP contribution in [0.2, 0.25) is 0 Å². The zero-order chi connectivity index (χ0) is 21.3. The molecule has 1 aliphatic rings. The van der Waals surface area contributed by atoms with Gasteiger partial charge in [-0.15, -0.1) is 35.3 Å². The summed E-state index contributed by atoms with van der Waals surface area (Å²) in [5.41, 5.74) is 3.38. The number of aryl methyl sites for hydroxylation is 2. The average molecular weight is 560 g/mol. The lowest BCUT2D eigenvalue weighted by molar-refractivity contribution is 0.176. The number of guanidine groups is 1. The fourth-order valence-corrected chi connectivity index (χ4v) is 4.61. The molecule has 2 heterocycles. The Morgan fingerprint density at radius 1 is 1.29 bits per heavy atom. The number of thiazole rings is 1. The number of piperidine rings is 1. The van der Waals surface area contributed by atoms with Gasteiger partial charge >= 0.3 is 0 Å². The minimum atomic E-state index is -0.176. The first-order valence-corrected chi connectivity index (χ1v) is 11.8. The Morgan fingerprint density at radius 2 is 2.06 bits per heavy atom. The van der Waals surface area contributed by atoms with Crippen LogP contribution >= 0.6 is 35.3 Å². The van der Waals surface area contributed by atoms with Crippen molar-refractivity contribution in [3.8, 4) is 0 Å². The lowest BCUT2D eigenvalue weighted by Crippen LogP contribution is -2.43. The van der Waals surface area contributed by atoms with Crippen LogP contribution < -0.4 is 10.6 Å². The van der Waals surface area contributed by atoms with Crippen molar-refractivity contribution in [3.63, 3.8) is 0 Å². The summed E-state index contributed by atoms with van der Waals surface area (Å²) in [6.07, 6.45) is 4.27. The number of hydrogen-bond donors (Lipinski definition) is 2. The molecule has 172 valence electrons. The van der Waals surface area contributed by atoms with E-state index in [1.54, 1.807) is 24.5 Å². The van der Waals surface area contributed by atoms with Crippen LogP contribution in [-0.4, -0.2) is 49.1 Å². The van der Waals surface area contributed by atoms with Crippen molar-refractivity contribution in [1.82, 2.24) is 20.5 Å². The Balaban J connectivity index is 0.00000341. The second-order valence-electron chi connectivity index (χ2n) is 8.01. The molecule has 2 aromatic rings. The first-order valence-electron chi connectivity index (χ1n) is 10.9. The van der Waals surface area contributed by atoms with Gasteiger partial charge in [-0.2, -0.15) is 0 Å². The SMILES string of the molecule is CCc1nc(CN2CCC(CNC(=NC)NCCc3ccc(F)cc3C)CC2)cs1.I. The molecule has 0 radical (unpaired) electrons. The van der Waals surface area contributed by atoms with E-state index in [9.17, 15) is 4.39 Å². The van der Waals surface area contributed by atoms with Gasteiger partial charge in [0.2, 0.25) is 0 Å². The number of likely N-dealkylation sites (tertiary alicyclic amines) is 1. The van der Waals surface area contributed by atoms with Crippen LogP contribution in [0.15, 0.2) is 28.6 Å². The second kappa shape index (κ2) is 13.3. The maximum absolute atomic E-state index is 13.2. The molecule has 0 aliphatic carbocycles. The number of nitrogens with one attached hydrogen (secondary N) is 2. The summed E-state index contributed by atoms with van der Waals surface area (Å²) in [4.78, 5) is 11.5. The van der Waals surface area contributed by atoms with Gasteiger partial charge in [0.05, 0.1) is 10.7 Å². The standard InChI is InChI=1S/C23H34FN5S.HI/c1-4-22-28-21(16-30-22)15-29-11-8-18(9-12-29)14-27-23(25-3)26-10-7-19-5-6-20(24)13-17(19)2;/h5-6,13,16,18H,4,7-12,14-15H2,1-3H3,(H2,25,26,27);1H. The molecule has 0 amide bonds. The van der Waals surface area contributed by atoms with E-state index in [2.05, 4.69) is 32.8 Å². The lowest BCUT2D eigenvalue weighted by Gasteiger charge is -2.31. The molecule has 1 aliphatic heterocycles. The van der Waals surface area contributed by atoms with E-state index in [1.165, 1.54) is 29.6 Å². The lowest BCUT2D eigenvalue weighted by atomic mass is 9.97. The van der Waals surface area contributed by atoms with Crippen molar-refractivity contribution in [3.05, 3.63) is 51.2 Å². The molecular formula is C23H35FIN5S. The number of nitrogens with zero attached hydrogens (tertiary/aromatic N) is 3. The van der Waals surface area contributed by atoms with E-state index in [0.29, 0.717) is 5.92 Å². The third kappa shape index (κ3) is 8.31. The van der Waals surface area contributed by atoms with Crippen molar-refractivity contribution < 1.29 is 4.39 Å². The normalized spacial score (nSPS) is 15.5. The van der Waals surface area contributed by atoms with Gasteiger partial charge < -0.3 is 10.6 Å². The van der Waals surface area contributed by atoms with Crippen LogP contribution in [-0.2, 0) is 19.4 Å². The van der Waals surface area contributed by atoms with Crippen molar-refractivity contribution in [2.24, 2.45) is 10.9 Å². The highest BCUT2D eigenvalue weighted by molar-refractivity contribution is 14.0. The van der Waals surface area contributed by atoms with Crippen molar-refractivity contribution >= 4 is 41.3 Å². The molecule has 0 saturated carbocycles. The zero-order valence-electron chi connectivity index (χ0n) is 18.8. The molecule has 1 saturated heterocycles. The summed E-state index contributed by atoms with van der Waals surface area (Å²) in [6, 6.07) is 4.98. The molecule has 2 N–H and O–H groups in total. The van der Waals surface area contributed by atoms with Crippen LogP contribution in [0.4, 0.5) is 4.39 Å². The van der Waals surface area contributed by atoms with Gasteiger partial charge in [0.15, 0.2) is 5.96 Å². The Kier molecular flexibility index (Phi) is 11.2. The van der Waals surface area contributed by atoms with Crippen LogP contribution in [0.25, 0.3) is 0 Å². The molecule has 5 nitrogen and oxygen atoms in total.